The minimum Gasteiger partial charge on any atom is -0.497 e. The molecule has 184 valence electrons. The zero-order valence-electron chi connectivity index (χ0n) is 19.1. The molecule has 1 aliphatic heterocycles. The van der Waals surface area contributed by atoms with Gasteiger partial charge in [0.2, 0.25) is 5.88 Å². The maximum atomic E-state index is 9.19. The zero-order chi connectivity index (χ0) is 24.6. The highest BCUT2D eigenvalue weighted by Crippen LogP contribution is 2.31. The van der Waals surface area contributed by atoms with Crippen molar-refractivity contribution >= 4 is 21.7 Å². The highest BCUT2D eigenvalue weighted by molar-refractivity contribution is 7.85. The average molecular weight is 510 g/mol. The number of morpholine rings is 1. The van der Waals surface area contributed by atoms with E-state index in [9.17, 15) is 8.42 Å². The van der Waals surface area contributed by atoms with Gasteiger partial charge < -0.3 is 14.2 Å². The number of halogens is 1. The molecule has 4 rings (SSSR count). The second kappa shape index (κ2) is 12.2. The molecular formula is C23H28ClN3O6S. The molecule has 3 aromatic rings. The molecule has 0 unspecified atom stereocenters. The summed E-state index contributed by atoms with van der Waals surface area (Å²) >= 11 is 6.06. The molecule has 0 atom stereocenters. The van der Waals surface area contributed by atoms with E-state index in [1.54, 1.807) is 7.11 Å². The largest absolute Gasteiger partial charge is 0.497 e. The van der Waals surface area contributed by atoms with Crippen molar-refractivity contribution in [2.45, 2.75) is 0 Å². The minimum atomic E-state index is -3.67. The molecule has 2 aromatic carbocycles. The molecule has 34 heavy (non-hydrogen) atoms. The summed E-state index contributed by atoms with van der Waals surface area (Å²) in [5.41, 5.74) is 2.87. The number of benzene rings is 2. The van der Waals surface area contributed by atoms with Crippen molar-refractivity contribution in [2.75, 3.05) is 52.8 Å². The Kier molecular flexibility index (Phi) is 9.31. The van der Waals surface area contributed by atoms with E-state index < -0.39 is 10.1 Å². The fourth-order valence-electron chi connectivity index (χ4n) is 3.26. The van der Waals surface area contributed by atoms with Gasteiger partial charge in [-0.3, -0.25) is 9.45 Å². The van der Waals surface area contributed by atoms with Crippen LogP contribution in [0.25, 0.3) is 16.8 Å². The third-order valence-electron chi connectivity index (χ3n) is 4.92. The first-order valence-corrected chi connectivity index (χ1v) is 12.8. The molecule has 0 spiro atoms. The molecule has 0 bridgehead atoms. The molecule has 1 aliphatic rings. The zero-order valence-corrected chi connectivity index (χ0v) is 20.6. The SMILES string of the molecule is COc1ccc(-n2cc(-c3ccc(Cl)cc3)c(OCCN3CCOCC3)n2)cc1.CS(=O)(=O)O. The third kappa shape index (κ3) is 8.30. The third-order valence-corrected chi connectivity index (χ3v) is 5.17. The summed E-state index contributed by atoms with van der Waals surface area (Å²) in [5.74, 6) is 1.41. The Morgan fingerprint density at radius 2 is 1.71 bits per heavy atom. The minimum absolute atomic E-state index is 0.570. The van der Waals surface area contributed by atoms with Gasteiger partial charge in [0.05, 0.1) is 37.8 Å². The van der Waals surface area contributed by atoms with E-state index in [0.29, 0.717) is 23.8 Å². The van der Waals surface area contributed by atoms with Crippen LogP contribution in [-0.4, -0.2) is 80.5 Å². The molecule has 1 N–H and O–H groups in total. The predicted molar refractivity (Wildman–Crippen MR) is 131 cm³/mol. The summed E-state index contributed by atoms with van der Waals surface area (Å²) in [7, 11) is -2.01. The lowest BCUT2D eigenvalue weighted by Crippen LogP contribution is -2.38. The maximum absolute atomic E-state index is 9.19. The first kappa shape index (κ1) is 26.0. The number of hydrogen-bond donors (Lipinski definition) is 1. The molecule has 1 fully saturated rings. The molecule has 11 heteroatoms. The van der Waals surface area contributed by atoms with Crippen LogP contribution in [0.5, 0.6) is 11.6 Å². The fourth-order valence-corrected chi connectivity index (χ4v) is 3.38. The number of nitrogens with zero attached hydrogens (tertiary/aromatic N) is 3. The smallest absolute Gasteiger partial charge is 0.261 e. The Morgan fingerprint density at radius 3 is 2.29 bits per heavy atom. The number of aromatic nitrogens is 2. The van der Waals surface area contributed by atoms with Crippen LogP contribution in [-0.2, 0) is 14.9 Å². The van der Waals surface area contributed by atoms with Crippen molar-refractivity contribution in [3.63, 3.8) is 0 Å². The van der Waals surface area contributed by atoms with Crippen LogP contribution in [0.2, 0.25) is 5.02 Å². The normalized spacial score (nSPS) is 14.2. The van der Waals surface area contributed by atoms with E-state index >= 15 is 0 Å². The average Bonchev–Trinajstić information content (AvgIpc) is 3.23. The first-order valence-electron chi connectivity index (χ1n) is 10.6. The van der Waals surface area contributed by atoms with Gasteiger partial charge in [0.1, 0.15) is 12.4 Å². The van der Waals surface area contributed by atoms with Gasteiger partial charge in [-0.2, -0.15) is 8.42 Å². The summed E-state index contributed by atoms with van der Waals surface area (Å²) in [6.45, 7) is 4.85. The lowest BCUT2D eigenvalue weighted by molar-refractivity contribution is 0.0320. The van der Waals surface area contributed by atoms with E-state index in [1.165, 1.54) is 0 Å². The van der Waals surface area contributed by atoms with Crippen molar-refractivity contribution in [2.24, 2.45) is 0 Å². The van der Waals surface area contributed by atoms with Gasteiger partial charge >= 0.3 is 0 Å². The van der Waals surface area contributed by atoms with E-state index in [-0.39, 0.29) is 0 Å². The van der Waals surface area contributed by atoms with Crippen LogP contribution in [0.3, 0.4) is 0 Å². The topological polar surface area (TPSA) is 103 Å². The van der Waals surface area contributed by atoms with E-state index in [4.69, 9.17) is 35.5 Å². The van der Waals surface area contributed by atoms with Crippen LogP contribution in [0.4, 0.5) is 0 Å². The number of ether oxygens (including phenoxy) is 3. The molecule has 2 heterocycles. The molecule has 0 saturated carbocycles. The fraction of sp³-hybridized carbons (Fsp3) is 0.348. The summed E-state index contributed by atoms with van der Waals surface area (Å²) in [6, 6.07) is 15.5. The predicted octanol–water partition coefficient (Wildman–Crippen LogP) is 3.42. The van der Waals surface area contributed by atoms with Crippen molar-refractivity contribution in [3.8, 4) is 28.4 Å². The summed E-state index contributed by atoms with van der Waals surface area (Å²) in [4.78, 5) is 2.34. The van der Waals surface area contributed by atoms with Crippen molar-refractivity contribution in [3.05, 3.63) is 59.8 Å². The Labute approximate surface area is 204 Å². The molecule has 0 radical (unpaired) electrons. The lowest BCUT2D eigenvalue weighted by Gasteiger charge is -2.26. The summed E-state index contributed by atoms with van der Waals surface area (Å²) < 4.78 is 44.4. The van der Waals surface area contributed by atoms with Crippen LogP contribution in [0, 0.1) is 0 Å². The van der Waals surface area contributed by atoms with Crippen LogP contribution < -0.4 is 9.47 Å². The van der Waals surface area contributed by atoms with Gasteiger partial charge in [0.25, 0.3) is 10.1 Å². The molecule has 1 aromatic heterocycles. The van der Waals surface area contributed by atoms with Gasteiger partial charge in [-0.25, -0.2) is 4.68 Å². The molecule has 0 aliphatic carbocycles. The monoisotopic (exact) mass is 509 g/mol. The Morgan fingerprint density at radius 1 is 1.09 bits per heavy atom. The van der Waals surface area contributed by atoms with Gasteiger partial charge in [0.15, 0.2) is 0 Å². The molecular weight excluding hydrogens is 482 g/mol. The highest BCUT2D eigenvalue weighted by atomic mass is 35.5. The van der Waals surface area contributed by atoms with Gasteiger partial charge in [-0.15, -0.1) is 5.10 Å². The van der Waals surface area contributed by atoms with Crippen LogP contribution >= 0.6 is 11.6 Å². The molecule has 1 saturated heterocycles. The number of methoxy groups -OCH3 is 1. The van der Waals surface area contributed by atoms with Crippen LogP contribution in [0.1, 0.15) is 0 Å². The van der Waals surface area contributed by atoms with Gasteiger partial charge in [0, 0.05) is 30.9 Å². The quantitative estimate of drug-likeness (QED) is 0.483. The molecule has 0 amide bonds. The van der Waals surface area contributed by atoms with E-state index in [0.717, 1.165) is 55.4 Å². The summed E-state index contributed by atoms with van der Waals surface area (Å²) in [5, 5.41) is 5.39. The Hall–Kier alpha value is -2.63. The number of rotatable bonds is 7. The first-order chi connectivity index (χ1) is 16.2. The standard InChI is InChI=1S/C22H24ClN3O3.CH4O3S/c1-27-20-8-6-19(7-9-20)26-16-21(17-2-4-18(23)5-3-17)22(24-26)29-15-12-25-10-13-28-14-11-25;1-5(2,3)4/h2-9,16H,10-15H2,1H3;1H3,(H,2,3,4). The second-order valence-electron chi connectivity index (χ2n) is 7.53. The Balaban J connectivity index is 0.000000588. The van der Waals surface area contributed by atoms with Crippen molar-refractivity contribution < 1.29 is 27.2 Å². The second-order valence-corrected chi connectivity index (χ2v) is 9.44. The number of hydrogen-bond acceptors (Lipinski definition) is 7. The molecule has 9 nitrogen and oxygen atoms in total. The Bertz CT molecular complexity index is 1140. The van der Waals surface area contributed by atoms with Gasteiger partial charge in [-0.1, -0.05) is 23.7 Å². The van der Waals surface area contributed by atoms with E-state index in [1.807, 2.05) is 59.4 Å². The van der Waals surface area contributed by atoms with Crippen LogP contribution in [0.15, 0.2) is 54.7 Å². The maximum Gasteiger partial charge on any atom is 0.261 e. The highest BCUT2D eigenvalue weighted by Gasteiger charge is 2.15. The summed E-state index contributed by atoms with van der Waals surface area (Å²) in [6.07, 6.45) is 2.70. The van der Waals surface area contributed by atoms with Gasteiger partial charge in [-0.05, 0) is 42.0 Å². The van der Waals surface area contributed by atoms with Crippen molar-refractivity contribution in [1.29, 1.82) is 0 Å². The lowest BCUT2D eigenvalue weighted by atomic mass is 10.1. The van der Waals surface area contributed by atoms with E-state index in [2.05, 4.69) is 4.90 Å². The van der Waals surface area contributed by atoms with Crippen molar-refractivity contribution in [1.82, 2.24) is 14.7 Å².